The number of hydrogen-bond acceptors (Lipinski definition) is 3. The summed E-state index contributed by atoms with van der Waals surface area (Å²) >= 11 is 0. The standard InChI is InChI=1S/C12H9F3N2O/c13-12(14,15)18-10-6-2-1-4-8(10)11-9(16)5-3-7-17-11/h1-7H,16H2. The quantitative estimate of drug-likeness (QED) is 0.895. The van der Waals surface area contributed by atoms with Crippen molar-refractivity contribution in [1.82, 2.24) is 4.98 Å². The second-order valence-corrected chi connectivity index (χ2v) is 3.49. The lowest BCUT2D eigenvalue weighted by Crippen LogP contribution is -2.17. The van der Waals surface area contributed by atoms with E-state index in [2.05, 4.69) is 9.72 Å². The molecule has 0 radical (unpaired) electrons. The van der Waals surface area contributed by atoms with Gasteiger partial charge in [-0.1, -0.05) is 12.1 Å². The second kappa shape index (κ2) is 4.56. The van der Waals surface area contributed by atoms with Crippen molar-refractivity contribution in [2.24, 2.45) is 0 Å². The van der Waals surface area contributed by atoms with Crippen LogP contribution < -0.4 is 10.5 Å². The van der Waals surface area contributed by atoms with Crippen LogP contribution in [0.25, 0.3) is 11.3 Å². The third-order valence-electron chi connectivity index (χ3n) is 2.21. The molecule has 0 atom stereocenters. The summed E-state index contributed by atoms with van der Waals surface area (Å²) in [6, 6.07) is 8.89. The predicted octanol–water partition coefficient (Wildman–Crippen LogP) is 3.23. The van der Waals surface area contributed by atoms with Crippen LogP contribution in [0.15, 0.2) is 42.6 Å². The Morgan fingerprint density at radius 2 is 1.78 bits per heavy atom. The number of hydrogen-bond donors (Lipinski definition) is 1. The largest absolute Gasteiger partial charge is 0.573 e. The lowest BCUT2D eigenvalue weighted by molar-refractivity contribution is -0.274. The van der Waals surface area contributed by atoms with Crippen LogP contribution in [-0.2, 0) is 0 Å². The Bertz CT molecular complexity index is 555. The van der Waals surface area contributed by atoms with Crippen molar-refractivity contribution in [3.05, 3.63) is 42.6 Å². The van der Waals surface area contributed by atoms with Gasteiger partial charge >= 0.3 is 6.36 Å². The van der Waals surface area contributed by atoms with E-state index >= 15 is 0 Å². The Morgan fingerprint density at radius 1 is 1.06 bits per heavy atom. The van der Waals surface area contributed by atoms with Gasteiger partial charge in [0.25, 0.3) is 0 Å². The number of aromatic nitrogens is 1. The smallest absolute Gasteiger partial charge is 0.405 e. The number of anilines is 1. The summed E-state index contributed by atoms with van der Waals surface area (Å²) in [7, 11) is 0. The summed E-state index contributed by atoms with van der Waals surface area (Å²) in [6.45, 7) is 0. The molecule has 1 aromatic heterocycles. The average Bonchev–Trinajstić information content (AvgIpc) is 2.29. The molecule has 0 aliphatic carbocycles. The minimum absolute atomic E-state index is 0.202. The third kappa shape index (κ3) is 2.71. The van der Waals surface area contributed by atoms with Gasteiger partial charge in [-0.15, -0.1) is 13.2 Å². The Kier molecular flexibility index (Phi) is 3.10. The molecule has 0 saturated carbocycles. The summed E-state index contributed by atoms with van der Waals surface area (Å²) in [4.78, 5) is 3.97. The zero-order chi connectivity index (χ0) is 13.2. The topological polar surface area (TPSA) is 48.1 Å². The molecular formula is C12H9F3N2O. The summed E-state index contributed by atoms with van der Waals surface area (Å²) in [5.74, 6) is -0.324. The molecule has 0 spiro atoms. The van der Waals surface area contributed by atoms with Gasteiger partial charge in [-0.3, -0.25) is 4.98 Å². The van der Waals surface area contributed by atoms with Crippen molar-refractivity contribution in [3.63, 3.8) is 0 Å². The average molecular weight is 254 g/mol. The molecule has 0 aliphatic rings. The first-order valence-corrected chi connectivity index (χ1v) is 5.03. The Morgan fingerprint density at radius 3 is 2.44 bits per heavy atom. The number of ether oxygens (including phenoxy) is 1. The Balaban J connectivity index is 2.49. The van der Waals surface area contributed by atoms with Gasteiger partial charge in [-0.2, -0.15) is 0 Å². The zero-order valence-electron chi connectivity index (χ0n) is 9.11. The normalized spacial score (nSPS) is 11.3. The molecule has 0 aliphatic heterocycles. The fourth-order valence-corrected chi connectivity index (χ4v) is 1.52. The number of pyridine rings is 1. The molecule has 6 heteroatoms. The maximum absolute atomic E-state index is 12.3. The first-order chi connectivity index (χ1) is 8.47. The van der Waals surface area contributed by atoms with Gasteiger partial charge in [0.05, 0.1) is 11.4 Å². The number of alkyl halides is 3. The molecule has 3 nitrogen and oxygen atoms in total. The molecular weight excluding hydrogens is 245 g/mol. The number of nitrogen functional groups attached to an aromatic ring is 1. The molecule has 18 heavy (non-hydrogen) atoms. The van der Waals surface area contributed by atoms with E-state index in [-0.39, 0.29) is 22.7 Å². The van der Waals surface area contributed by atoms with Crippen molar-refractivity contribution < 1.29 is 17.9 Å². The SMILES string of the molecule is Nc1cccnc1-c1ccccc1OC(F)(F)F. The highest BCUT2D eigenvalue weighted by atomic mass is 19.4. The highest BCUT2D eigenvalue weighted by Crippen LogP contribution is 2.34. The molecule has 94 valence electrons. The highest BCUT2D eigenvalue weighted by molar-refractivity contribution is 5.76. The van der Waals surface area contributed by atoms with Gasteiger partial charge in [0.1, 0.15) is 5.75 Å². The molecule has 0 saturated heterocycles. The first kappa shape index (κ1) is 12.2. The number of rotatable bonds is 2. The molecule has 0 bridgehead atoms. The molecule has 1 heterocycles. The summed E-state index contributed by atoms with van der Waals surface area (Å²) in [6.07, 6.45) is -3.30. The lowest BCUT2D eigenvalue weighted by atomic mass is 10.1. The minimum atomic E-state index is -4.75. The predicted molar refractivity (Wildman–Crippen MR) is 60.8 cm³/mol. The van der Waals surface area contributed by atoms with Crippen molar-refractivity contribution in [2.45, 2.75) is 6.36 Å². The van der Waals surface area contributed by atoms with Crippen LogP contribution in [0.5, 0.6) is 5.75 Å². The first-order valence-electron chi connectivity index (χ1n) is 5.03. The maximum atomic E-state index is 12.3. The van der Waals surface area contributed by atoms with Crippen molar-refractivity contribution in [3.8, 4) is 17.0 Å². The second-order valence-electron chi connectivity index (χ2n) is 3.49. The van der Waals surface area contributed by atoms with Crippen LogP contribution in [0.1, 0.15) is 0 Å². The van der Waals surface area contributed by atoms with Gasteiger partial charge in [0, 0.05) is 11.8 Å². The van der Waals surface area contributed by atoms with Crippen LogP contribution >= 0.6 is 0 Å². The number of benzene rings is 1. The van der Waals surface area contributed by atoms with E-state index < -0.39 is 6.36 Å². The molecule has 2 N–H and O–H groups in total. The number of halogens is 3. The number of para-hydroxylation sites is 1. The Hall–Kier alpha value is -2.24. The van der Waals surface area contributed by atoms with Crippen LogP contribution in [0, 0.1) is 0 Å². The lowest BCUT2D eigenvalue weighted by Gasteiger charge is -2.13. The molecule has 0 fully saturated rings. The zero-order valence-corrected chi connectivity index (χ0v) is 9.11. The number of nitrogens with zero attached hydrogens (tertiary/aromatic N) is 1. The van der Waals surface area contributed by atoms with Crippen molar-refractivity contribution >= 4 is 5.69 Å². The van der Waals surface area contributed by atoms with E-state index in [1.54, 1.807) is 18.2 Å². The van der Waals surface area contributed by atoms with E-state index in [0.717, 1.165) is 0 Å². The number of nitrogens with two attached hydrogens (primary N) is 1. The van der Waals surface area contributed by atoms with Crippen LogP contribution in [0.3, 0.4) is 0 Å². The van der Waals surface area contributed by atoms with Gasteiger partial charge in [-0.05, 0) is 24.3 Å². The summed E-state index contributed by atoms with van der Waals surface area (Å²) in [5, 5.41) is 0. The summed E-state index contributed by atoms with van der Waals surface area (Å²) < 4.78 is 40.7. The maximum Gasteiger partial charge on any atom is 0.573 e. The van der Waals surface area contributed by atoms with E-state index in [9.17, 15) is 13.2 Å². The fourth-order valence-electron chi connectivity index (χ4n) is 1.52. The monoisotopic (exact) mass is 254 g/mol. The molecule has 2 aromatic rings. The van der Waals surface area contributed by atoms with Gasteiger partial charge in [0.2, 0.25) is 0 Å². The van der Waals surface area contributed by atoms with Crippen LogP contribution in [-0.4, -0.2) is 11.3 Å². The minimum Gasteiger partial charge on any atom is -0.405 e. The van der Waals surface area contributed by atoms with Crippen molar-refractivity contribution in [1.29, 1.82) is 0 Å². The highest BCUT2D eigenvalue weighted by Gasteiger charge is 2.32. The molecule has 0 unspecified atom stereocenters. The van der Waals surface area contributed by atoms with Crippen molar-refractivity contribution in [2.75, 3.05) is 5.73 Å². The Labute approximate surface area is 101 Å². The van der Waals surface area contributed by atoms with E-state index in [0.29, 0.717) is 0 Å². The fraction of sp³-hybridized carbons (Fsp3) is 0.0833. The van der Waals surface area contributed by atoms with Gasteiger partial charge in [0.15, 0.2) is 0 Å². The molecule has 1 aromatic carbocycles. The molecule has 0 amide bonds. The van der Waals surface area contributed by atoms with E-state index in [4.69, 9.17) is 5.73 Å². The molecule has 2 rings (SSSR count). The summed E-state index contributed by atoms with van der Waals surface area (Å²) in [5.41, 5.74) is 6.44. The van der Waals surface area contributed by atoms with Crippen LogP contribution in [0.2, 0.25) is 0 Å². The third-order valence-corrected chi connectivity index (χ3v) is 2.21. The van der Waals surface area contributed by atoms with Crippen LogP contribution in [0.4, 0.5) is 18.9 Å². The van der Waals surface area contributed by atoms with E-state index in [1.807, 2.05) is 0 Å². The van der Waals surface area contributed by atoms with E-state index in [1.165, 1.54) is 24.4 Å². The van der Waals surface area contributed by atoms with Gasteiger partial charge in [-0.25, -0.2) is 0 Å². The van der Waals surface area contributed by atoms with Gasteiger partial charge < -0.3 is 10.5 Å².